The van der Waals surface area contributed by atoms with Crippen LogP contribution < -0.4 is 0 Å². The molecule has 4 aromatic rings. The highest BCUT2D eigenvalue weighted by Gasteiger charge is 2.38. The van der Waals surface area contributed by atoms with E-state index < -0.39 is 12.1 Å². The summed E-state index contributed by atoms with van der Waals surface area (Å²) in [5.41, 5.74) is 4.15. The number of nitrogens with zero attached hydrogens (tertiary/aromatic N) is 3. The first-order valence-electron chi connectivity index (χ1n) is 8.81. The van der Waals surface area contributed by atoms with Gasteiger partial charge in [0.05, 0.1) is 17.4 Å². The Morgan fingerprint density at radius 3 is 2.48 bits per heavy atom. The number of imidazole rings is 2. The van der Waals surface area contributed by atoms with Crippen molar-refractivity contribution in [2.45, 2.75) is 19.3 Å². The summed E-state index contributed by atoms with van der Waals surface area (Å²) in [6, 6.07) is 10.7. The number of carbonyl (C=O) groups is 1. The van der Waals surface area contributed by atoms with Gasteiger partial charge in [0.15, 0.2) is 0 Å². The Kier molecular flexibility index (Phi) is 6.35. The first-order chi connectivity index (χ1) is 14.7. The summed E-state index contributed by atoms with van der Waals surface area (Å²) in [4.78, 5) is 20.2. The molecule has 7 nitrogen and oxygen atoms in total. The lowest BCUT2D eigenvalue weighted by molar-refractivity contribution is -0.192. The highest BCUT2D eigenvalue weighted by atomic mass is 19.4. The molecule has 2 heterocycles. The van der Waals surface area contributed by atoms with E-state index in [1.807, 2.05) is 35.0 Å². The summed E-state index contributed by atoms with van der Waals surface area (Å²) in [5, 5.41) is 16.3. The molecule has 0 atom stereocenters. The van der Waals surface area contributed by atoms with Crippen LogP contribution in [0.1, 0.15) is 11.4 Å². The first kappa shape index (κ1) is 22.0. The summed E-state index contributed by atoms with van der Waals surface area (Å²) in [5.74, 6) is -2.52. The van der Waals surface area contributed by atoms with E-state index in [0.717, 1.165) is 27.7 Å². The average Bonchev–Trinajstić information content (AvgIpc) is 3.35. The summed E-state index contributed by atoms with van der Waals surface area (Å²) in [6.07, 6.45) is 0.167. The molecule has 3 N–H and O–H groups in total. The van der Waals surface area contributed by atoms with Gasteiger partial charge in [-0.1, -0.05) is 6.07 Å². The summed E-state index contributed by atoms with van der Waals surface area (Å²) in [7, 11) is 0. The number of hydrogen-bond acceptors (Lipinski definition) is 4. The zero-order chi connectivity index (χ0) is 22.6. The van der Waals surface area contributed by atoms with Crippen molar-refractivity contribution in [3.8, 4) is 11.1 Å². The third-order valence-corrected chi connectivity index (χ3v) is 4.14. The van der Waals surface area contributed by atoms with E-state index in [-0.39, 0.29) is 12.4 Å². The second kappa shape index (κ2) is 8.96. The number of carboxylic acids is 1. The molecule has 2 aromatic heterocycles. The summed E-state index contributed by atoms with van der Waals surface area (Å²) >= 11 is 0. The lowest BCUT2D eigenvalue weighted by atomic mass is 10.0. The van der Waals surface area contributed by atoms with Gasteiger partial charge in [0, 0.05) is 18.9 Å². The average molecular weight is 436 g/mol. The highest BCUT2D eigenvalue weighted by Crippen LogP contribution is 2.26. The molecule has 0 fully saturated rings. The Balaban J connectivity index is 0.000000339. The predicted octanol–water partition coefficient (Wildman–Crippen LogP) is 3.74. The van der Waals surface area contributed by atoms with Crippen molar-refractivity contribution >= 4 is 17.0 Å². The molecule has 0 radical (unpaired) electrons. The molecule has 2 aromatic carbocycles. The molecule has 0 aliphatic heterocycles. The minimum atomic E-state index is -5.08. The fourth-order valence-corrected chi connectivity index (χ4v) is 2.82. The Bertz CT molecular complexity index is 1190. The van der Waals surface area contributed by atoms with Crippen molar-refractivity contribution in [2.75, 3.05) is 0 Å². The fourth-order valence-electron chi connectivity index (χ4n) is 2.82. The molecule has 162 valence electrons. The molecule has 0 unspecified atom stereocenters. The summed E-state index contributed by atoms with van der Waals surface area (Å²) in [6.45, 7) is 0.421. The van der Waals surface area contributed by atoms with E-state index in [4.69, 9.17) is 15.0 Å². The Morgan fingerprint density at radius 1 is 1.13 bits per heavy atom. The van der Waals surface area contributed by atoms with Crippen molar-refractivity contribution in [3.05, 3.63) is 72.3 Å². The molecule has 0 aliphatic rings. The van der Waals surface area contributed by atoms with Crippen LogP contribution in [0.5, 0.6) is 0 Å². The molecule has 0 spiro atoms. The van der Waals surface area contributed by atoms with E-state index in [1.165, 1.54) is 12.1 Å². The number of benzene rings is 2. The highest BCUT2D eigenvalue weighted by molar-refractivity contribution is 5.82. The molecule has 11 heteroatoms. The number of aromatic amines is 1. The van der Waals surface area contributed by atoms with E-state index in [1.54, 1.807) is 12.5 Å². The number of aliphatic carboxylic acids is 1. The van der Waals surface area contributed by atoms with Crippen LogP contribution in [0.4, 0.5) is 17.6 Å². The Hall–Kier alpha value is -3.73. The third kappa shape index (κ3) is 5.66. The number of H-pyrrole nitrogens is 1. The van der Waals surface area contributed by atoms with Crippen LogP contribution in [-0.2, 0) is 17.9 Å². The SMILES string of the molecule is O=C(O)C(F)(F)F.OCc1nc2ccc(-c3cc(F)cc(Cn4ccnc4)c3)cc2[nH]1. The van der Waals surface area contributed by atoms with Gasteiger partial charge in [-0.2, -0.15) is 13.2 Å². The number of alkyl halides is 3. The molecular formula is C20H16F4N4O3. The monoisotopic (exact) mass is 436 g/mol. The summed E-state index contributed by atoms with van der Waals surface area (Å²) < 4.78 is 47.7. The molecule has 4 rings (SSSR count). The number of aliphatic hydroxyl groups excluding tert-OH is 1. The van der Waals surface area contributed by atoms with Crippen LogP contribution in [0, 0.1) is 5.82 Å². The number of nitrogens with one attached hydrogen (secondary N) is 1. The normalized spacial score (nSPS) is 11.3. The number of aliphatic hydroxyl groups is 1. The van der Waals surface area contributed by atoms with Crippen LogP contribution in [0.25, 0.3) is 22.2 Å². The minimum absolute atomic E-state index is 0.140. The van der Waals surface area contributed by atoms with Gasteiger partial charge in [0.2, 0.25) is 0 Å². The van der Waals surface area contributed by atoms with Crippen molar-refractivity contribution in [1.82, 2.24) is 19.5 Å². The van der Waals surface area contributed by atoms with Crippen molar-refractivity contribution in [3.63, 3.8) is 0 Å². The number of aromatic nitrogens is 4. The number of rotatable bonds is 4. The number of halogens is 4. The van der Waals surface area contributed by atoms with E-state index in [0.29, 0.717) is 12.4 Å². The van der Waals surface area contributed by atoms with Gasteiger partial charge in [-0.15, -0.1) is 0 Å². The lowest BCUT2D eigenvalue weighted by Crippen LogP contribution is -2.21. The number of hydrogen-bond donors (Lipinski definition) is 3. The van der Waals surface area contributed by atoms with E-state index >= 15 is 0 Å². The van der Waals surface area contributed by atoms with Gasteiger partial charge < -0.3 is 19.8 Å². The Labute approximate surface area is 172 Å². The zero-order valence-corrected chi connectivity index (χ0v) is 15.8. The molecule has 0 saturated carbocycles. The molecule has 31 heavy (non-hydrogen) atoms. The fraction of sp³-hybridized carbons (Fsp3) is 0.150. The number of carboxylic acid groups (broad SMARTS) is 1. The van der Waals surface area contributed by atoms with Gasteiger partial charge in [-0.3, -0.25) is 0 Å². The van der Waals surface area contributed by atoms with Gasteiger partial charge in [0.1, 0.15) is 18.2 Å². The maximum absolute atomic E-state index is 14.0. The van der Waals surface area contributed by atoms with Crippen LogP contribution in [0.3, 0.4) is 0 Å². The Morgan fingerprint density at radius 2 is 1.87 bits per heavy atom. The molecule has 0 amide bonds. The van der Waals surface area contributed by atoms with Crippen molar-refractivity contribution < 1.29 is 32.6 Å². The van der Waals surface area contributed by atoms with Gasteiger partial charge in [-0.25, -0.2) is 19.2 Å². The van der Waals surface area contributed by atoms with E-state index in [9.17, 15) is 17.6 Å². The maximum Gasteiger partial charge on any atom is 0.490 e. The van der Waals surface area contributed by atoms with Gasteiger partial charge >= 0.3 is 12.1 Å². The van der Waals surface area contributed by atoms with Crippen LogP contribution >= 0.6 is 0 Å². The predicted molar refractivity (Wildman–Crippen MR) is 102 cm³/mol. The minimum Gasteiger partial charge on any atom is -0.475 e. The second-order valence-electron chi connectivity index (χ2n) is 6.46. The first-order valence-corrected chi connectivity index (χ1v) is 8.81. The van der Waals surface area contributed by atoms with Crippen LogP contribution in [-0.4, -0.2) is 41.9 Å². The quantitative estimate of drug-likeness (QED) is 0.423. The molecular weight excluding hydrogens is 420 g/mol. The van der Waals surface area contributed by atoms with Crippen molar-refractivity contribution in [1.29, 1.82) is 0 Å². The molecule has 0 saturated heterocycles. The van der Waals surface area contributed by atoms with Crippen LogP contribution in [0.15, 0.2) is 55.1 Å². The second-order valence-corrected chi connectivity index (χ2v) is 6.46. The zero-order valence-electron chi connectivity index (χ0n) is 15.8. The molecule has 0 aliphatic carbocycles. The molecule has 0 bridgehead atoms. The lowest BCUT2D eigenvalue weighted by Gasteiger charge is -2.07. The topological polar surface area (TPSA) is 104 Å². The standard InChI is InChI=1S/C18H15FN4O.C2HF3O2/c19-15-6-12(9-23-4-3-20-11-23)5-14(7-15)13-1-2-16-17(8-13)22-18(10-24)21-16;3-2(4,5)1(6)7/h1-8,11,24H,9-10H2,(H,21,22);(H,6,7). The third-order valence-electron chi connectivity index (χ3n) is 4.14. The number of fused-ring (bicyclic) bond motifs is 1. The maximum atomic E-state index is 14.0. The van der Waals surface area contributed by atoms with Crippen LogP contribution in [0.2, 0.25) is 0 Å². The smallest absolute Gasteiger partial charge is 0.475 e. The van der Waals surface area contributed by atoms with E-state index in [2.05, 4.69) is 15.0 Å². The van der Waals surface area contributed by atoms with Gasteiger partial charge in [-0.05, 0) is 47.0 Å². The largest absolute Gasteiger partial charge is 0.490 e. The van der Waals surface area contributed by atoms with Gasteiger partial charge in [0.25, 0.3) is 0 Å². The van der Waals surface area contributed by atoms with Crippen molar-refractivity contribution in [2.24, 2.45) is 0 Å².